The third-order valence-corrected chi connectivity index (χ3v) is 5.22. The lowest BCUT2D eigenvalue weighted by molar-refractivity contribution is -0.121. The molecule has 1 N–H and O–H groups in total. The first kappa shape index (κ1) is 16.5. The van der Waals surface area contributed by atoms with Gasteiger partial charge in [-0.15, -0.1) is 0 Å². The molecule has 1 unspecified atom stereocenters. The van der Waals surface area contributed by atoms with Crippen molar-refractivity contribution in [3.63, 3.8) is 0 Å². The van der Waals surface area contributed by atoms with E-state index in [0.717, 1.165) is 32.4 Å². The molecule has 3 rings (SSSR count). The molecule has 1 fully saturated rings. The molecule has 1 aliphatic carbocycles. The lowest BCUT2D eigenvalue weighted by atomic mass is 9.99. The molecule has 0 bridgehead atoms. The standard InChI is InChI=1S/C18H30N4O/c1-15-7-4-5-11-21(15)12-6-10-19-18(23)14-22-13-16-8-2-3-9-17(16)20-22/h13,15H,2-12,14H2,1H3,(H,19,23). The Kier molecular flexibility index (Phi) is 5.70. The average Bonchev–Trinajstić information content (AvgIpc) is 2.95. The van der Waals surface area contributed by atoms with Crippen molar-refractivity contribution in [3.8, 4) is 0 Å². The molecule has 2 aliphatic rings. The summed E-state index contributed by atoms with van der Waals surface area (Å²) in [6.07, 6.45) is 11.8. The fourth-order valence-corrected chi connectivity index (χ4v) is 3.81. The van der Waals surface area contributed by atoms with Crippen LogP contribution in [0.4, 0.5) is 0 Å². The van der Waals surface area contributed by atoms with Gasteiger partial charge in [0.25, 0.3) is 0 Å². The summed E-state index contributed by atoms with van der Waals surface area (Å²) in [5, 5.41) is 7.59. The monoisotopic (exact) mass is 318 g/mol. The van der Waals surface area contributed by atoms with Gasteiger partial charge in [0, 0.05) is 25.3 Å². The third kappa shape index (κ3) is 4.56. The van der Waals surface area contributed by atoms with Gasteiger partial charge in [0.1, 0.15) is 6.54 Å². The summed E-state index contributed by atoms with van der Waals surface area (Å²) in [6.45, 7) is 5.75. The highest BCUT2D eigenvalue weighted by Gasteiger charge is 2.17. The van der Waals surface area contributed by atoms with Crippen LogP contribution < -0.4 is 5.32 Å². The van der Waals surface area contributed by atoms with E-state index in [1.807, 2.05) is 4.68 Å². The molecule has 0 aromatic carbocycles. The summed E-state index contributed by atoms with van der Waals surface area (Å²) >= 11 is 0. The first-order valence-electron chi connectivity index (χ1n) is 9.28. The minimum absolute atomic E-state index is 0.0801. The normalized spacial score (nSPS) is 21.9. The van der Waals surface area contributed by atoms with Gasteiger partial charge in [0.15, 0.2) is 0 Å². The van der Waals surface area contributed by atoms with Crippen molar-refractivity contribution < 1.29 is 4.79 Å². The third-order valence-electron chi connectivity index (χ3n) is 5.22. The molecule has 0 spiro atoms. The van der Waals surface area contributed by atoms with E-state index in [4.69, 9.17) is 0 Å². The van der Waals surface area contributed by atoms with Crippen molar-refractivity contribution in [1.29, 1.82) is 0 Å². The molecule has 1 atom stereocenters. The molecule has 1 saturated heterocycles. The number of hydrogen-bond acceptors (Lipinski definition) is 3. The lowest BCUT2D eigenvalue weighted by Crippen LogP contribution is -2.39. The highest BCUT2D eigenvalue weighted by atomic mass is 16.2. The van der Waals surface area contributed by atoms with Crippen molar-refractivity contribution in [2.24, 2.45) is 0 Å². The number of nitrogens with zero attached hydrogens (tertiary/aromatic N) is 3. The van der Waals surface area contributed by atoms with E-state index in [1.54, 1.807) is 0 Å². The fraction of sp³-hybridized carbons (Fsp3) is 0.778. The summed E-state index contributed by atoms with van der Waals surface area (Å²) in [6, 6.07) is 0.704. The number of fused-ring (bicyclic) bond motifs is 1. The minimum atomic E-state index is 0.0801. The molecule has 1 amide bonds. The van der Waals surface area contributed by atoms with Gasteiger partial charge < -0.3 is 10.2 Å². The Bertz CT molecular complexity index is 502. The number of aromatic nitrogens is 2. The molecule has 0 saturated carbocycles. The number of carbonyl (C=O) groups is 1. The topological polar surface area (TPSA) is 50.2 Å². The van der Waals surface area contributed by atoms with E-state index in [0.29, 0.717) is 12.6 Å². The zero-order valence-electron chi connectivity index (χ0n) is 14.4. The second kappa shape index (κ2) is 7.95. The van der Waals surface area contributed by atoms with Crippen LogP contribution in [0.5, 0.6) is 0 Å². The van der Waals surface area contributed by atoms with Crippen molar-refractivity contribution in [2.75, 3.05) is 19.6 Å². The second-order valence-electron chi connectivity index (χ2n) is 7.09. The summed E-state index contributed by atoms with van der Waals surface area (Å²) in [5.74, 6) is 0.0801. The maximum Gasteiger partial charge on any atom is 0.241 e. The number of hydrogen-bond donors (Lipinski definition) is 1. The van der Waals surface area contributed by atoms with Crippen molar-refractivity contribution in [3.05, 3.63) is 17.5 Å². The van der Waals surface area contributed by atoms with Crippen LogP contribution in [0, 0.1) is 0 Å². The smallest absolute Gasteiger partial charge is 0.241 e. The number of piperidine rings is 1. The molecule has 5 nitrogen and oxygen atoms in total. The Labute approximate surface area is 139 Å². The van der Waals surface area contributed by atoms with Crippen LogP contribution in [0.15, 0.2) is 6.20 Å². The molecule has 23 heavy (non-hydrogen) atoms. The Hall–Kier alpha value is -1.36. The van der Waals surface area contributed by atoms with E-state index in [1.165, 1.54) is 49.9 Å². The summed E-state index contributed by atoms with van der Waals surface area (Å²) < 4.78 is 1.82. The highest BCUT2D eigenvalue weighted by Crippen LogP contribution is 2.19. The summed E-state index contributed by atoms with van der Waals surface area (Å²) in [7, 11) is 0. The predicted octanol–water partition coefficient (Wildman–Crippen LogP) is 2.14. The van der Waals surface area contributed by atoms with Gasteiger partial charge in [-0.2, -0.15) is 5.10 Å². The zero-order chi connectivity index (χ0) is 16.1. The van der Waals surface area contributed by atoms with Crippen molar-refractivity contribution >= 4 is 5.91 Å². The van der Waals surface area contributed by atoms with E-state index in [2.05, 4.69) is 28.4 Å². The molecular formula is C18H30N4O. The summed E-state index contributed by atoms with van der Waals surface area (Å²) in [4.78, 5) is 14.6. The molecule has 1 aromatic rings. The van der Waals surface area contributed by atoms with Crippen LogP contribution in [0.25, 0.3) is 0 Å². The Balaban J connectivity index is 1.35. The SMILES string of the molecule is CC1CCCCN1CCCNC(=O)Cn1cc2c(n1)CCCC2. The van der Waals surface area contributed by atoms with Gasteiger partial charge >= 0.3 is 0 Å². The molecule has 128 valence electrons. The average molecular weight is 318 g/mol. The maximum atomic E-state index is 12.1. The van der Waals surface area contributed by atoms with Crippen LogP contribution in [0.3, 0.4) is 0 Å². The summed E-state index contributed by atoms with van der Waals surface area (Å²) in [5.41, 5.74) is 2.53. The minimum Gasteiger partial charge on any atom is -0.354 e. The number of nitrogens with one attached hydrogen (secondary N) is 1. The molecule has 5 heteroatoms. The lowest BCUT2D eigenvalue weighted by Gasteiger charge is -2.33. The predicted molar refractivity (Wildman–Crippen MR) is 91.4 cm³/mol. The molecule has 1 aromatic heterocycles. The quantitative estimate of drug-likeness (QED) is 0.818. The van der Waals surface area contributed by atoms with Gasteiger partial charge in [-0.3, -0.25) is 9.48 Å². The van der Waals surface area contributed by atoms with Crippen LogP contribution in [0.2, 0.25) is 0 Å². The first-order chi connectivity index (χ1) is 11.2. The fourth-order valence-electron chi connectivity index (χ4n) is 3.81. The Morgan fingerprint density at radius 1 is 1.30 bits per heavy atom. The van der Waals surface area contributed by atoms with Crippen LogP contribution in [0.1, 0.15) is 56.7 Å². The molecular weight excluding hydrogens is 288 g/mol. The maximum absolute atomic E-state index is 12.1. The number of amides is 1. The van der Waals surface area contributed by atoms with Crippen LogP contribution in [-0.4, -0.2) is 46.3 Å². The molecule has 0 radical (unpaired) electrons. The Morgan fingerprint density at radius 3 is 3.00 bits per heavy atom. The number of carbonyl (C=O) groups excluding carboxylic acids is 1. The van der Waals surface area contributed by atoms with Gasteiger partial charge in [0.05, 0.1) is 5.69 Å². The van der Waals surface area contributed by atoms with E-state index < -0.39 is 0 Å². The van der Waals surface area contributed by atoms with Crippen LogP contribution >= 0.6 is 0 Å². The van der Waals surface area contributed by atoms with E-state index >= 15 is 0 Å². The van der Waals surface area contributed by atoms with Crippen LogP contribution in [-0.2, 0) is 24.2 Å². The molecule has 2 heterocycles. The zero-order valence-corrected chi connectivity index (χ0v) is 14.4. The highest BCUT2D eigenvalue weighted by molar-refractivity contribution is 5.75. The molecule has 1 aliphatic heterocycles. The van der Waals surface area contributed by atoms with Gasteiger partial charge in [0.2, 0.25) is 5.91 Å². The van der Waals surface area contributed by atoms with Crippen molar-refractivity contribution in [2.45, 2.75) is 70.9 Å². The van der Waals surface area contributed by atoms with E-state index in [9.17, 15) is 4.79 Å². The van der Waals surface area contributed by atoms with Gasteiger partial charge in [-0.05, 0) is 64.0 Å². The van der Waals surface area contributed by atoms with Gasteiger partial charge in [-0.1, -0.05) is 6.42 Å². The number of aryl methyl sites for hydroxylation is 2. The number of likely N-dealkylation sites (tertiary alicyclic amines) is 1. The number of rotatable bonds is 6. The van der Waals surface area contributed by atoms with E-state index in [-0.39, 0.29) is 5.91 Å². The first-order valence-corrected chi connectivity index (χ1v) is 9.28. The largest absolute Gasteiger partial charge is 0.354 e. The van der Waals surface area contributed by atoms with Gasteiger partial charge in [-0.25, -0.2) is 0 Å². The Morgan fingerprint density at radius 2 is 2.17 bits per heavy atom. The second-order valence-corrected chi connectivity index (χ2v) is 7.09. The van der Waals surface area contributed by atoms with Crippen molar-refractivity contribution in [1.82, 2.24) is 20.0 Å².